The van der Waals surface area contributed by atoms with Gasteiger partial charge in [0.25, 0.3) is 11.5 Å². The van der Waals surface area contributed by atoms with Crippen molar-refractivity contribution in [3.63, 3.8) is 0 Å². The van der Waals surface area contributed by atoms with Gasteiger partial charge in [-0.2, -0.15) is 5.10 Å². The summed E-state index contributed by atoms with van der Waals surface area (Å²) in [6.07, 6.45) is 1.90. The fourth-order valence-electron chi connectivity index (χ4n) is 4.04. The maximum absolute atomic E-state index is 13.6. The van der Waals surface area contributed by atoms with Crippen LogP contribution in [0.3, 0.4) is 0 Å². The average Bonchev–Trinajstić information content (AvgIpc) is 2.69. The summed E-state index contributed by atoms with van der Waals surface area (Å²) >= 11 is 0. The van der Waals surface area contributed by atoms with E-state index < -0.39 is 0 Å². The lowest BCUT2D eigenvalue weighted by Gasteiger charge is -2.31. The third-order valence-electron chi connectivity index (χ3n) is 5.27. The van der Waals surface area contributed by atoms with Crippen molar-refractivity contribution in [3.8, 4) is 0 Å². The van der Waals surface area contributed by atoms with E-state index in [9.17, 15) is 9.59 Å². The van der Waals surface area contributed by atoms with E-state index in [1.54, 1.807) is 6.07 Å². The summed E-state index contributed by atoms with van der Waals surface area (Å²) in [6, 6.07) is 13.4. The molecule has 5 nitrogen and oxygen atoms in total. The van der Waals surface area contributed by atoms with Crippen LogP contribution in [0.5, 0.6) is 0 Å². The predicted molar refractivity (Wildman–Crippen MR) is 112 cm³/mol. The molecule has 1 aromatic heterocycles. The first-order valence-corrected chi connectivity index (χ1v) is 9.87. The summed E-state index contributed by atoms with van der Waals surface area (Å²) in [6.45, 7) is 7.26. The quantitative estimate of drug-likeness (QED) is 0.696. The maximum atomic E-state index is 13.6. The Bertz CT molecular complexity index is 1110. The van der Waals surface area contributed by atoms with Gasteiger partial charge in [-0.25, -0.2) is 4.68 Å². The van der Waals surface area contributed by atoms with Gasteiger partial charge in [-0.05, 0) is 42.9 Å². The molecule has 0 aliphatic carbocycles. The molecule has 4 rings (SSSR count). The number of anilines is 1. The van der Waals surface area contributed by atoms with Crippen molar-refractivity contribution in [3.05, 3.63) is 69.6 Å². The van der Waals surface area contributed by atoms with Gasteiger partial charge in [-0.15, -0.1) is 0 Å². The summed E-state index contributed by atoms with van der Waals surface area (Å²) in [7, 11) is 0. The molecule has 0 bridgehead atoms. The first-order chi connectivity index (χ1) is 13.5. The Hall–Kier alpha value is -2.95. The lowest BCUT2D eigenvalue weighted by molar-refractivity contribution is 0.0979. The highest BCUT2D eigenvalue weighted by molar-refractivity contribution is 6.13. The molecule has 1 amide bonds. The molecule has 0 N–H and O–H groups in total. The number of para-hydroxylation sites is 1. The van der Waals surface area contributed by atoms with E-state index in [0.717, 1.165) is 24.1 Å². The summed E-state index contributed by atoms with van der Waals surface area (Å²) in [4.78, 5) is 28.3. The molecule has 0 saturated heterocycles. The van der Waals surface area contributed by atoms with E-state index in [4.69, 9.17) is 0 Å². The molecular weight excluding hydrogens is 350 g/mol. The molecule has 2 heterocycles. The standard InChI is InChI=1S/C23H25N3O2/c1-15(2)14-26-22(27)19-12-5-4-11-18(19)20(24-26)23(28)25-13-7-10-17-9-6-8-16(3)21(17)25/h4-6,8-9,11-12,15H,7,10,13-14H2,1-3H3. The number of aryl methyl sites for hydroxylation is 2. The number of benzene rings is 2. The lowest BCUT2D eigenvalue weighted by Crippen LogP contribution is -2.38. The van der Waals surface area contributed by atoms with Crippen molar-refractivity contribution in [1.29, 1.82) is 0 Å². The van der Waals surface area contributed by atoms with Crippen LogP contribution in [0, 0.1) is 12.8 Å². The molecule has 0 atom stereocenters. The maximum Gasteiger partial charge on any atom is 0.279 e. The molecule has 0 radical (unpaired) electrons. The van der Waals surface area contributed by atoms with Gasteiger partial charge in [0.15, 0.2) is 5.69 Å². The number of nitrogens with zero attached hydrogens (tertiary/aromatic N) is 3. The topological polar surface area (TPSA) is 55.2 Å². The third kappa shape index (κ3) is 3.11. The van der Waals surface area contributed by atoms with E-state index in [2.05, 4.69) is 11.2 Å². The first-order valence-electron chi connectivity index (χ1n) is 9.87. The molecule has 0 unspecified atom stereocenters. The molecule has 1 aliphatic heterocycles. The van der Waals surface area contributed by atoms with Gasteiger partial charge < -0.3 is 4.90 Å². The van der Waals surface area contributed by atoms with Crippen molar-refractivity contribution >= 4 is 22.4 Å². The highest BCUT2D eigenvalue weighted by Crippen LogP contribution is 2.32. The van der Waals surface area contributed by atoms with Crippen molar-refractivity contribution in [2.75, 3.05) is 11.4 Å². The Morgan fingerprint density at radius 1 is 1.11 bits per heavy atom. The fraction of sp³-hybridized carbons (Fsp3) is 0.348. The van der Waals surface area contributed by atoms with Gasteiger partial charge >= 0.3 is 0 Å². The Labute approximate surface area is 164 Å². The zero-order chi connectivity index (χ0) is 19.8. The molecule has 2 aromatic carbocycles. The molecule has 28 heavy (non-hydrogen) atoms. The number of hydrogen-bond donors (Lipinski definition) is 0. The largest absolute Gasteiger partial charge is 0.306 e. The van der Waals surface area contributed by atoms with Gasteiger partial charge in [0.2, 0.25) is 0 Å². The van der Waals surface area contributed by atoms with Crippen LogP contribution in [0.15, 0.2) is 47.3 Å². The van der Waals surface area contributed by atoms with E-state index in [-0.39, 0.29) is 17.4 Å². The first kappa shape index (κ1) is 18.4. The van der Waals surface area contributed by atoms with Crippen LogP contribution in [0.2, 0.25) is 0 Å². The second-order valence-electron chi connectivity index (χ2n) is 7.92. The van der Waals surface area contributed by atoms with Crippen LogP contribution in [0.25, 0.3) is 10.8 Å². The van der Waals surface area contributed by atoms with Gasteiger partial charge in [-0.3, -0.25) is 9.59 Å². The minimum atomic E-state index is -0.143. The highest BCUT2D eigenvalue weighted by atomic mass is 16.2. The third-order valence-corrected chi connectivity index (χ3v) is 5.27. The van der Waals surface area contributed by atoms with Crippen molar-refractivity contribution < 1.29 is 4.79 Å². The molecule has 0 saturated carbocycles. The van der Waals surface area contributed by atoms with Crippen molar-refractivity contribution in [1.82, 2.24) is 9.78 Å². The van der Waals surface area contributed by atoms with E-state index in [1.807, 2.05) is 56.0 Å². The van der Waals surface area contributed by atoms with Crippen LogP contribution in [0.1, 0.15) is 41.9 Å². The van der Waals surface area contributed by atoms with Gasteiger partial charge in [-0.1, -0.05) is 50.2 Å². The number of carbonyl (C=O) groups excluding carboxylic acids is 1. The molecular formula is C23H25N3O2. The second-order valence-corrected chi connectivity index (χ2v) is 7.92. The van der Waals surface area contributed by atoms with Crippen LogP contribution in [0.4, 0.5) is 5.69 Å². The SMILES string of the molecule is Cc1cccc2c1N(C(=O)c1nn(CC(C)C)c(=O)c3ccccc13)CCC2. The fourth-order valence-corrected chi connectivity index (χ4v) is 4.04. The molecule has 0 fully saturated rings. The Kier molecular flexibility index (Phi) is 4.75. The summed E-state index contributed by atoms with van der Waals surface area (Å²) in [5.74, 6) is 0.122. The lowest BCUT2D eigenvalue weighted by atomic mass is 9.97. The number of aromatic nitrogens is 2. The van der Waals surface area contributed by atoms with Gasteiger partial charge in [0.05, 0.1) is 11.1 Å². The number of rotatable bonds is 3. The second kappa shape index (κ2) is 7.23. The highest BCUT2D eigenvalue weighted by Gasteiger charge is 2.28. The van der Waals surface area contributed by atoms with E-state index in [0.29, 0.717) is 29.6 Å². The summed E-state index contributed by atoms with van der Waals surface area (Å²) in [5.41, 5.74) is 3.49. The minimum Gasteiger partial charge on any atom is -0.306 e. The Morgan fingerprint density at radius 3 is 2.61 bits per heavy atom. The van der Waals surface area contributed by atoms with Crippen LogP contribution >= 0.6 is 0 Å². The van der Waals surface area contributed by atoms with Gasteiger partial charge in [0.1, 0.15) is 0 Å². The normalized spacial score (nSPS) is 13.8. The van der Waals surface area contributed by atoms with Crippen molar-refractivity contribution in [2.24, 2.45) is 5.92 Å². The number of fused-ring (bicyclic) bond motifs is 2. The molecule has 144 valence electrons. The number of amides is 1. The smallest absolute Gasteiger partial charge is 0.279 e. The Morgan fingerprint density at radius 2 is 1.86 bits per heavy atom. The molecule has 0 spiro atoms. The van der Waals surface area contributed by atoms with Crippen LogP contribution in [-0.2, 0) is 13.0 Å². The van der Waals surface area contributed by atoms with Crippen LogP contribution in [-0.4, -0.2) is 22.2 Å². The molecule has 1 aliphatic rings. The molecule has 3 aromatic rings. The zero-order valence-electron chi connectivity index (χ0n) is 16.6. The number of carbonyl (C=O) groups is 1. The minimum absolute atomic E-state index is 0.135. The zero-order valence-corrected chi connectivity index (χ0v) is 16.6. The van der Waals surface area contributed by atoms with E-state index >= 15 is 0 Å². The van der Waals surface area contributed by atoms with Crippen LogP contribution < -0.4 is 10.5 Å². The van der Waals surface area contributed by atoms with Gasteiger partial charge in [0, 0.05) is 18.5 Å². The monoisotopic (exact) mass is 375 g/mol. The average molecular weight is 375 g/mol. The predicted octanol–water partition coefficient (Wildman–Crippen LogP) is 3.95. The number of hydrogen-bond acceptors (Lipinski definition) is 3. The molecule has 5 heteroatoms. The Balaban J connectivity index is 1.90. The summed E-state index contributed by atoms with van der Waals surface area (Å²) < 4.78 is 1.45. The van der Waals surface area contributed by atoms with E-state index in [1.165, 1.54) is 10.2 Å². The summed E-state index contributed by atoms with van der Waals surface area (Å²) in [5, 5.41) is 5.70. The van der Waals surface area contributed by atoms with Crippen molar-refractivity contribution in [2.45, 2.75) is 40.2 Å².